The summed E-state index contributed by atoms with van der Waals surface area (Å²) in [5, 5.41) is 8.69. The summed E-state index contributed by atoms with van der Waals surface area (Å²) in [5.41, 5.74) is 1.26. The van der Waals surface area contributed by atoms with Gasteiger partial charge in [-0.15, -0.1) is 0 Å². The van der Waals surface area contributed by atoms with Gasteiger partial charge in [-0.3, -0.25) is 4.79 Å². The SMILES string of the molecule is CCCCSC(=O)c1ccc(C#N)cc1. The van der Waals surface area contributed by atoms with Gasteiger partial charge in [-0.1, -0.05) is 25.1 Å². The maximum Gasteiger partial charge on any atom is 0.219 e. The van der Waals surface area contributed by atoms with Crippen molar-refractivity contribution in [2.45, 2.75) is 19.8 Å². The van der Waals surface area contributed by atoms with Crippen LogP contribution in [-0.4, -0.2) is 10.9 Å². The van der Waals surface area contributed by atoms with Gasteiger partial charge in [0.25, 0.3) is 0 Å². The van der Waals surface area contributed by atoms with E-state index < -0.39 is 0 Å². The predicted octanol–water partition coefficient (Wildman–Crippen LogP) is 3.23. The Balaban J connectivity index is 2.55. The van der Waals surface area contributed by atoms with E-state index in [1.165, 1.54) is 11.8 Å². The molecule has 0 aromatic heterocycles. The van der Waals surface area contributed by atoms with Gasteiger partial charge in [0.2, 0.25) is 5.12 Å². The van der Waals surface area contributed by atoms with Crippen LogP contribution >= 0.6 is 11.8 Å². The lowest BCUT2D eigenvalue weighted by Gasteiger charge is -1.99. The third-order valence-corrected chi connectivity index (χ3v) is 2.97. The molecule has 0 saturated carbocycles. The van der Waals surface area contributed by atoms with Crippen molar-refractivity contribution in [3.63, 3.8) is 0 Å². The molecule has 0 spiro atoms. The standard InChI is InChI=1S/C12H13NOS/c1-2-3-8-15-12(14)11-6-4-10(9-13)5-7-11/h4-7H,2-3,8H2,1H3. The van der Waals surface area contributed by atoms with Crippen molar-refractivity contribution in [3.05, 3.63) is 35.4 Å². The van der Waals surface area contributed by atoms with Crippen molar-refractivity contribution in [1.82, 2.24) is 0 Å². The number of benzene rings is 1. The van der Waals surface area contributed by atoms with Crippen LogP contribution in [0.4, 0.5) is 0 Å². The molecule has 0 bridgehead atoms. The van der Waals surface area contributed by atoms with E-state index in [2.05, 4.69) is 6.92 Å². The Morgan fingerprint density at radius 2 is 2.07 bits per heavy atom. The van der Waals surface area contributed by atoms with Crippen LogP contribution in [0.25, 0.3) is 0 Å². The molecule has 1 aromatic carbocycles. The number of hydrogen-bond donors (Lipinski definition) is 0. The molecular weight excluding hydrogens is 206 g/mol. The van der Waals surface area contributed by atoms with Gasteiger partial charge >= 0.3 is 0 Å². The number of nitrogens with zero attached hydrogens (tertiary/aromatic N) is 1. The number of carbonyl (C=O) groups is 1. The number of thioether (sulfide) groups is 1. The van der Waals surface area contributed by atoms with Gasteiger partial charge in [-0.2, -0.15) is 5.26 Å². The van der Waals surface area contributed by atoms with Crippen molar-refractivity contribution in [3.8, 4) is 6.07 Å². The maximum absolute atomic E-state index is 11.6. The summed E-state index contributed by atoms with van der Waals surface area (Å²) in [6.07, 6.45) is 2.17. The number of unbranched alkanes of at least 4 members (excludes halogenated alkanes) is 1. The zero-order valence-electron chi connectivity index (χ0n) is 8.69. The van der Waals surface area contributed by atoms with Gasteiger partial charge in [0.1, 0.15) is 0 Å². The minimum atomic E-state index is 0.0907. The number of hydrogen-bond acceptors (Lipinski definition) is 3. The smallest absolute Gasteiger partial charge is 0.219 e. The molecule has 0 radical (unpaired) electrons. The Labute approximate surface area is 94.3 Å². The topological polar surface area (TPSA) is 40.9 Å². The Kier molecular flexibility index (Phi) is 4.92. The summed E-state index contributed by atoms with van der Waals surface area (Å²) in [7, 11) is 0. The van der Waals surface area contributed by atoms with Gasteiger partial charge in [-0.25, -0.2) is 0 Å². The molecule has 0 fully saturated rings. The van der Waals surface area contributed by atoms with Crippen LogP contribution in [-0.2, 0) is 0 Å². The highest BCUT2D eigenvalue weighted by Crippen LogP contribution is 2.14. The van der Waals surface area contributed by atoms with Gasteiger partial charge in [0.15, 0.2) is 0 Å². The van der Waals surface area contributed by atoms with E-state index in [0.717, 1.165) is 18.6 Å². The van der Waals surface area contributed by atoms with Crippen molar-refractivity contribution in [1.29, 1.82) is 5.26 Å². The maximum atomic E-state index is 11.6. The Morgan fingerprint density at radius 3 is 2.60 bits per heavy atom. The van der Waals surface area contributed by atoms with E-state index in [9.17, 15) is 4.79 Å². The lowest BCUT2D eigenvalue weighted by molar-refractivity contribution is 0.108. The lowest BCUT2D eigenvalue weighted by atomic mass is 10.2. The van der Waals surface area contributed by atoms with E-state index >= 15 is 0 Å². The minimum Gasteiger partial charge on any atom is -0.282 e. The van der Waals surface area contributed by atoms with Crippen LogP contribution in [0.2, 0.25) is 0 Å². The molecule has 0 saturated heterocycles. The highest BCUT2D eigenvalue weighted by Gasteiger charge is 2.05. The van der Waals surface area contributed by atoms with Crippen molar-refractivity contribution in [2.24, 2.45) is 0 Å². The van der Waals surface area contributed by atoms with Gasteiger partial charge in [0.05, 0.1) is 11.6 Å². The third-order valence-electron chi connectivity index (χ3n) is 1.98. The van der Waals surface area contributed by atoms with Crippen molar-refractivity contribution < 1.29 is 4.79 Å². The fraction of sp³-hybridized carbons (Fsp3) is 0.333. The molecular formula is C12H13NOS. The second kappa shape index (κ2) is 6.26. The highest BCUT2D eigenvalue weighted by atomic mass is 32.2. The van der Waals surface area contributed by atoms with Crippen LogP contribution in [0.15, 0.2) is 24.3 Å². The zero-order valence-corrected chi connectivity index (χ0v) is 9.51. The molecule has 0 unspecified atom stereocenters. The third kappa shape index (κ3) is 3.77. The monoisotopic (exact) mass is 219 g/mol. The summed E-state index contributed by atoms with van der Waals surface area (Å²) in [5.74, 6) is 0.870. The minimum absolute atomic E-state index is 0.0907. The van der Waals surface area contributed by atoms with Gasteiger partial charge in [0, 0.05) is 11.3 Å². The summed E-state index contributed by atoms with van der Waals surface area (Å²) in [4.78, 5) is 11.6. The average Bonchev–Trinajstić information content (AvgIpc) is 2.29. The first kappa shape index (κ1) is 11.8. The fourth-order valence-electron chi connectivity index (χ4n) is 1.07. The van der Waals surface area contributed by atoms with Crippen LogP contribution in [0.5, 0.6) is 0 Å². The summed E-state index contributed by atoms with van der Waals surface area (Å²) in [6, 6.07) is 8.79. The first-order valence-electron chi connectivity index (χ1n) is 4.95. The number of rotatable bonds is 4. The average molecular weight is 219 g/mol. The molecule has 0 heterocycles. The summed E-state index contributed by atoms with van der Waals surface area (Å²) >= 11 is 1.35. The molecule has 0 aliphatic rings. The molecule has 0 atom stereocenters. The molecule has 1 rings (SSSR count). The normalized spacial score (nSPS) is 9.60. The van der Waals surface area contributed by atoms with E-state index in [-0.39, 0.29) is 5.12 Å². The van der Waals surface area contributed by atoms with E-state index in [0.29, 0.717) is 11.1 Å². The largest absolute Gasteiger partial charge is 0.282 e. The Morgan fingerprint density at radius 1 is 1.40 bits per heavy atom. The van der Waals surface area contributed by atoms with Crippen LogP contribution < -0.4 is 0 Å². The molecule has 15 heavy (non-hydrogen) atoms. The van der Waals surface area contributed by atoms with E-state index in [4.69, 9.17) is 5.26 Å². The highest BCUT2D eigenvalue weighted by molar-refractivity contribution is 8.14. The molecule has 0 aliphatic heterocycles. The molecule has 3 heteroatoms. The van der Waals surface area contributed by atoms with Crippen LogP contribution in [0.3, 0.4) is 0 Å². The van der Waals surface area contributed by atoms with Crippen molar-refractivity contribution in [2.75, 3.05) is 5.75 Å². The van der Waals surface area contributed by atoms with E-state index in [1.54, 1.807) is 24.3 Å². The molecule has 0 N–H and O–H groups in total. The quantitative estimate of drug-likeness (QED) is 0.730. The lowest BCUT2D eigenvalue weighted by Crippen LogP contribution is -1.94. The Bertz CT molecular complexity index is 364. The Hall–Kier alpha value is -1.27. The second-order valence-corrected chi connectivity index (χ2v) is 4.25. The fourth-order valence-corrected chi connectivity index (χ4v) is 1.99. The molecule has 1 aromatic rings. The van der Waals surface area contributed by atoms with Crippen molar-refractivity contribution >= 4 is 16.9 Å². The molecule has 0 aliphatic carbocycles. The molecule has 78 valence electrons. The van der Waals surface area contributed by atoms with Crippen LogP contribution in [0, 0.1) is 11.3 Å². The predicted molar refractivity (Wildman–Crippen MR) is 62.9 cm³/mol. The molecule has 0 amide bonds. The summed E-state index contributed by atoms with van der Waals surface area (Å²) in [6.45, 7) is 2.10. The first-order valence-corrected chi connectivity index (χ1v) is 5.93. The number of carbonyl (C=O) groups excluding carboxylic acids is 1. The zero-order chi connectivity index (χ0) is 11.1. The van der Waals surface area contributed by atoms with Crippen LogP contribution in [0.1, 0.15) is 35.7 Å². The first-order chi connectivity index (χ1) is 7.27. The summed E-state index contributed by atoms with van der Waals surface area (Å²) < 4.78 is 0. The van der Waals surface area contributed by atoms with Gasteiger partial charge in [-0.05, 0) is 30.7 Å². The second-order valence-electron chi connectivity index (χ2n) is 3.18. The van der Waals surface area contributed by atoms with Gasteiger partial charge < -0.3 is 0 Å². The number of nitriles is 1. The van der Waals surface area contributed by atoms with E-state index in [1.807, 2.05) is 6.07 Å². The molecule has 2 nitrogen and oxygen atoms in total.